The predicted octanol–water partition coefficient (Wildman–Crippen LogP) is 0.499. The number of aldehydes is 1. The van der Waals surface area contributed by atoms with Crippen LogP contribution in [-0.2, 0) is 14.4 Å². The molecule has 1 fully saturated rings. The molecule has 4 heteroatoms. The van der Waals surface area contributed by atoms with Gasteiger partial charge < -0.3 is 4.79 Å². The molecule has 8 heavy (non-hydrogen) atoms. The van der Waals surface area contributed by atoms with Gasteiger partial charge in [0.25, 0.3) is 0 Å². The highest BCUT2D eigenvalue weighted by molar-refractivity contribution is 7.32. The molecule has 0 N–H and O–H groups in total. The molecule has 46 valence electrons. The molecule has 1 heterocycles. The van der Waals surface area contributed by atoms with Gasteiger partial charge in [-0.15, -0.1) is 0 Å². The third-order valence-electron chi connectivity index (χ3n) is 0.913. The highest BCUT2D eigenvalue weighted by Gasteiger charge is 2.12. The summed E-state index contributed by atoms with van der Waals surface area (Å²) in [5.41, 5.74) is 0. The van der Waals surface area contributed by atoms with Crippen LogP contribution in [0.3, 0.4) is 0 Å². The number of rotatable bonds is 1. The minimum absolute atomic E-state index is 0.309. The van der Waals surface area contributed by atoms with E-state index in [0.29, 0.717) is 8.81 Å². The van der Waals surface area contributed by atoms with Crippen molar-refractivity contribution in [3.05, 3.63) is 0 Å². The third kappa shape index (κ3) is 1.51. The zero-order valence-corrected chi connectivity index (χ0v) is 5.29. The monoisotopic (exact) mass is 134 g/mol. The molecule has 2 atom stereocenters. The molecular weight excluding hydrogens is 127 g/mol. The first-order chi connectivity index (χ1) is 3.93. The van der Waals surface area contributed by atoms with E-state index in [4.69, 9.17) is 0 Å². The Morgan fingerprint density at radius 2 is 2.62 bits per heavy atom. The molecule has 1 aliphatic rings. The van der Waals surface area contributed by atoms with E-state index in [9.17, 15) is 4.79 Å². The zero-order valence-electron chi connectivity index (χ0n) is 4.29. The standard InChI is InChI=1S/C4H7O3P/c5-3-4-1-2-8-7-6-4/h3-4,8H,1-2H2. The molecular formula is C4H7O3P. The second-order valence-corrected chi connectivity index (χ2v) is 2.49. The largest absolute Gasteiger partial charge is 0.300 e. The Balaban J connectivity index is 2.22. The molecule has 0 bridgehead atoms. The molecule has 0 amide bonds. The van der Waals surface area contributed by atoms with Gasteiger partial charge in [0.1, 0.15) is 6.10 Å². The van der Waals surface area contributed by atoms with Crippen molar-refractivity contribution in [2.45, 2.75) is 12.5 Å². The maximum absolute atomic E-state index is 9.96. The van der Waals surface area contributed by atoms with Crippen molar-refractivity contribution >= 4 is 15.1 Å². The maximum Gasteiger partial charge on any atom is 0.152 e. The Labute approximate surface area is 49.1 Å². The lowest BCUT2D eigenvalue weighted by Crippen LogP contribution is -2.17. The average Bonchev–Trinajstić information content (AvgIpc) is 1.90. The van der Waals surface area contributed by atoms with Crippen LogP contribution in [0.1, 0.15) is 6.42 Å². The number of hydrogen-bond acceptors (Lipinski definition) is 3. The zero-order chi connectivity index (χ0) is 5.82. The summed E-state index contributed by atoms with van der Waals surface area (Å²) in [4.78, 5) is 14.5. The Kier molecular flexibility index (Phi) is 2.40. The maximum atomic E-state index is 9.96. The summed E-state index contributed by atoms with van der Waals surface area (Å²) in [6.45, 7) is 0. The Hall–Kier alpha value is 0.0200. The predicted molar refractivity (Wildman–Crippen MR) is 29.8 cm³/mol. The van der Waals surface area contributed by atoms with Gasteiger partial charge >= 0.3 is 0 Å². The van der Waals surface area contributed by atoms with E-state index in [2.05, 4.69) is 9.56 Å². The molecule has 2 unspecified atom stereocenters. The lowest BCUT2D eigenvalue weighted by Gasteiger charge is -2.14. The van der Waals surface area contributed by atoms with Crippen molar-refractivity contribution in [2.75, 3.05) is 6.16 Å². The summed E-state index contributed by atoms with van der Waals surface area (Å²) < 4.78 is 4.57. The van der Waals surface area contributed by atoms with Crippen molar-refractivity contribution in [3.8, 4) is 0 Å². The minimum atomic E-state index is -0.309. The van der Waals surface area contributed by atoms with E-state index in [1.54, 1.807) is 0 Å². The summed E-state index contributed by atoms with van der Waals surface area (Å²) in [7, 11) is 0.410. The number of carbonyl (C=O) groups is 1. The van der Waals surface area contributed by atoms with Gasteiger partial charge in [-0.25, -0.2) is 9.56 Å². The molecule has 0 aromatic carbocycles. The van der Waals surface area contributed by atoms with Crippen LogP contribution in [0.2, 0.25) is 0 Å². The van der Waals surface area contributed by atoms with Gasteiger partial charge in [0.2, 0.25) is 0 Å². The number of carbonyl (C=O) groups excluding carboxylic acids is 1. The van der Waals surface area contributed by atoms with E-state index >= 15 is 0 Å². The molecule has 0 radical (unpaired) electrons. The van der Waals surface area contributed by atoms with E-state index in [1.807, 2.05) is 0 Å². The van der Waals surface area contributed by atoms with Gasteiger partial charge in [-0.05, 0) is 12.6 Å². The summed E-state index contributed by atoms with van der Waals surface area (Å²) in [5, 5.41) is 0. The topological polar surface area (TPSA) is 35.5 Å². The molecule has 1 aliphatic heterocycles. The van der Waals surface area contributed by atoms with Gasteiger partial charge in [-0.3, -0.25) is 0 Å². The molecule has 0 spiro atoms. The molecule has 3 nitrogen and oxygen atoms in total. The van der Waals surface area contributed by atoms with Gasteiger partial charge in [-0.1, -0.05) is 0 Å². The lowest BCUT2D eigenvalue weighted by atomic mass is 10.3. The average molecular weight is 134 g/mol. The Morgan fingerprint density at radius 3 is 3.00 bits per heavy atom. The van der Waals surface area contributed by atoms with E-state index in [0.717, 1.165) is 18.9 Å². The van der Waals surface area contributed by atoms with Crippen molar-refractivity contribution in [1.29, 1.82) is 0 Å². The van der Waals surface area contributed by atoms with Gasteiger partial charge in [0.05, 0.1) is 8.81 Å². The SMILES string of the molecule is O=CC1CCPOO1. The normalized spacial score (nSPS) is 32.8. The van der Waals surface area contributed by atoms with Crippen LogP contribution in [-0.4, -0.2) is 18.6 Å². The van der Waals surface area contributed by atoms with E-state index in [1.165, 1.54) is 0 Å². The molecule has 1 rings (SSSR count). The molecule has 0 saturated carbocycles. The fourth-order valence-corrected chi connectivity index (χ4v) is 1.15. The second-order valence-electron chi connectivity index (χ2n) is 1.54. The highest BCUT2D eigenvalue weighted by Crippen LogP contribution is 2.21. The summed E-state index contributed by atoms with van der Waals surface area (Å²) in [6.07, 6.45) is 2.21. The lowest BCUT2D eigenvalue weighted by molar-refractivity contribution is -0.234. The quantitative estimate of drug-likeness (QED) is 0.297. The molecule has 0 aromatic heterocycles. The Morgan fingerprint density at radius 1 is 1.75 bits per heavy atom. The fourth-order valence-electron chi connectivity index (χ4n) is 0.478. The van der Waals surface area contributed by atoms with Gasteiger partial charge in [-0.2, -0.15) is 0 Å². The van der Waals surface area contributed by atoms with Crippen LogP contribution < -0.4 is 0 Å². The number of hydrogen-bond donors (Lipinski definition) is 0. The highest BCUT2D eigenvalue weighted by atomic mass is 31.1. The second kappa shape index (κ2) is 3.13. The van der Waals surface area contributed by atoms with E-state index in [-0.39, 0.29) is 6.10 Å². The third-order valence-corrected chi connectivity index (χ3v) is 1.62. The minimum Gasteiger partial charge on any atom is -0.300 e. The van der Waals surface area contributed by atoms with Crippen molar-refractivity contribution in [1.82, 2.24) is 0 Å². The van der Waals surface area contributed by atoms with Crippen LogP contribution in [0.5, 0.6) is 0 Å². The first-order valence-corrected chi connectivity index (χ1v) is 3.55. The smallest absolute Gasteiger partial charge is 0.152 e. The molecule has 0 aromatic rings. The van der Waals surface area contributed by atoms with E-state index < -0.39 is 0 Å². The molecule has 1 saturated heterocycles. The van der Waals surface area contributed by atoms with Crippen LogP contribution in [0.4, 0.5) is 0 Å². The van der Waals surface area contributed by atoms with Crippen molar-refractivity contribution in [2.24, 2.45) is 0 Å². The van der Waals surface area contributed by atoms with Crippen molar-refractivity contribution < 1.29 is 14.4 Å². The summed E-state index contributed by atoms with van der Waals surface area (Å²) >= 11 is 0. The van der Waals surface area contributed by atoms with Gasteiger partial charge in [0.15, 0.2) is 6.29 Å². The summed E-state index contributed by atoms with van der Waals surface area (Å²) in [5.74, 6) is 0. The van der Waals surface area contributed by atoms with Crippen molar-refractivity contribution in [3.63, 3.8) is 0 Å². The van der Waals surface area contributed by atoms with Crippen LogP contribution >= 0.6 is 8.81 Å². The van der Waals surface area contributed by atoms with Crippen LogP contribution in [0, 0.1) is 0 Å². The fraction of sp³-hybridized carbons (Fsp3) is 0.750. The first-order valence-electron chi connectivity index (χ1n) is 2.44. The Bertz CT molecular complexity index is 79.4. The van der Waals surface area contributed by atoms with Crippen LogP contribution in [0.25, 0.3) is 0 Å². The molecule has 0 aliphatic carbocycles. The summed E-state index contributed by atoms with van der Waals surface area (Å²) in [6, 6.07) is 0. The van der Waals surface area contributed by atoms with Crippen LogP contribution in [0.15, 0.2) is 0 Å². The first kappa shape index (κ1) is 6.14. The van der Waals surface area contributed by atoms with Gasteiger partial charge in [0, 0.05) is 0 Å².